The number of aromatic amines is 1. The Morgan fingerprint density at radius 1 is 1.17 bits per heavy atom. The van der Waals surface area contributed by atoms with Gasteiger partial charge >= 0.3 is 0 Å². The van der Waals surface area contributed by atoms with Crippen LogP contribution in [0.1, 0.15) is 47.9 Å². The van der Waals surface area contributed by atoms with E-state index in [4.69, 9.17) is 9.47 Å². The first kappa shape index (κ1) is 23.4. The van der Waals surface area contributed by atoms with E-state index in [-0.39, 0.29) is 31.5 Å². The summed E-state index contributed by atoms with van der Waals surface area (Å²) >= 11 is 0. The third kappa shape index (κ3) is 4.63. The molecule has 7 nitrogen and oxygen atoms in total. The number of H-pyrrole nitrogens is 1. The number of carbonyl (C=O) groups is 1. The van der Waals surface area contributed by atoms with E-state index in [0.717, 1.165) is 34.0 Å². The standard InChI is InChI=1S/C29H28N4O3/c1-2-21-8-3-9-22-25(17-32-28(21)22)24(23-10-4-11-26-29(23)36-19-35-26)15-27(34)33(14-6-12-30)18-20-7-5-13-31-16-20/h3-5,7-11,13,16-17,24,32H,2,6,14-15,18-19H2,1H3. The van der Waals surface area contributed by atoms with Crippen LogP contribution in [0.2, 0.25) is 0 Å². The number of nitrogens with one attached hydrogen (secondary N) is 1. The Bertz CT molecular complexity index is 1410. The van der Waals surface area contributed by atoms with E-state index in [1.54, 1.807) is 17.3 Å². The summed E-state index contributed by atoms with van der Waals surface area (Å²) < 4.78 is 11.5. The van der Waals surface area contributed by atoms with Gasteiger partial charge in [0, 0.05) is 60.5 Å². The van der Waals surface area contributed by atoms with Gasteiger partial charge in [-0.3, -0.25) is 9.78 Å². The largest absolute Gasteiger partial charge is 0.454 e. The van der Waals surface area contributed by atoms with E-state index in [1.807, 2.05) is 36.5 Å². The Balaban J connectivity index is 1.55. The van der Waals surface area contributed by atoms with Gasteiger partial charge in [-0.05, 0) is 35.2 Å². The van der Waals surface area contributed by atoms with Gasteiger partial charge < -0.3 is 19.4 Å². The molecular weight excluding hydrogens is 452 g/mol. The summed E-state index contributed by atoms with van der Waals surface area (Å²) in [4.78, 5) is 23.2. The summed E-state index contributed by atoms with van der Waals surface area (Å²) in [6.45, 7) is 3.06. The van der Waals surface area contributed by atoms with Gasteiger partial charge in [-0.1, -0.05) is 43.3 Å². The molecule has 1 aliphatic rings. The lowest BCUT2D eigenvalue weighted by Gasteiger charge is -2.25. The number of aromatic nitrogens is 2. The van der Waals surface area contributed by atoms with Crippen molar-refractivity contribution in [3.63, 3.8) is 0 Å². The highest BCUT2D eigenvalue weighted by atomic mass is 16.7. The lowest BCUT2D eigenvalue weighted by atomic mass is 9.86. The van der Waals surface area contributed by atoms with Gasteiger partial charge in [0.15, 0.2) is 11.5 Å². The highest BCUT2D eigenvalue weighted by Gasteiger charge is 2.30. The summed E-state index contributed by atoms with van der Waals surface area (Å²) in [7, 11) is 0. The molecule has 1 N–H and O–H groups in total. The first-order valence-corrected chi connectivity index (χ1v) is 12.2. The Kier molecular flexibility index (Phi) is 6.85. The topological polar surface area (TPSA) is 91.2 Å². The van der Waals surface area contributed by atoms with Crippen LogP contribution in [-0.2, 0) is 17.8 Å². The number of nitrogens with zero attached hydrogens (tertiary/aromatic N) is 3. The average Bonchev–Trinajstić information content (AvgIpc) is 3.57. The zero-order chi connectivity index (χ0) is 24.9. The van der Waals surface area contributed by atoms with E-state index in [1.165, 1.54) is 5.56 Å². The maximum absolute atomic E-state index is 13.8. The van der Waals surface area contributed by atoms with Crippen molar-refractivity contribution in [2.75, 3.05) is 13.3 Å². The van der Waals surface area contributed by atoms with E-state index in [9.17, 15) is 10.1 Å². The molecule has 0 saturated carbocycles. The summed E-state index contributed by atoms with van der Waals surface area (Å²) in [5.41, 5.74) is 5.21. The summed E-state index contributed by atoms with van der Waals surface area (Å²) in [6.07, 6.45) is 6.88. The van der Waals surface area contributed by atoms with Crippen LogP contribution in [0.15, 0.2) is 67.1 Å². The SMILES string of the molecule is CCc1cccc2c(C(CC(=O)N(CCC#N)Cc3cccnc3)c3cccc4c3OCO4)c[nH]c12. The van der Waals surface area contributed by atoms with Crippen LogP contribution in [0.5, 0.6) is 11.5 Å². The molecular formula is C29H28N4O3. The number of amides is 1. The monoisotopic (exact) mass is 480 g/mol. The second-order valence-electron chi connectivity index (χ2n) is 8.86. The Morgan fingerprint density at radius 3 is 2.86 bits per heavy atom. The highest BCUT2D eigenvalue weighted by Crippen LogP contribution is 2.44. The van der Waals surface area contributed by atoms with Gasteiger partial charge in [0.2, 0.25) is 12.7 Å². The van der Waals surface area contributed by atoms with Crippen LogP contribution in [0.3, 0.4) is 0 Å². The molecule has 182 valence electrons. The molecule has 1 atom stereocenters. The third-order valence-corrected chi connectivity index (χ3v) is 6.71. The normalized spacial score (nSPS) is 12.9. The minimum absolute atomic E-state index is 0.0309. The van der Waals surface area contributed by atoms with Gasteiger partial charge in [0.1, 0.15) is 0 Å². The van der Waals surface area contributed by atoms with Crippen LogP contribution >= 0.6 is 0 Å². The third-order valence-electron chi connectivity index (χ3n) is 6.71. The zero-order valence-electron chi connectivity index (χ0n) is 20.2. The van der Waals surface area contributed by atoms with Crippen molar-refractivity contribution >= 4 is 16.8 Å². The maximum atomic E-state index is 13.8. The summed E-state index contributed by atoms with van der Waals surface area (Å²) in [6, 6.07) is 18.1. The molecule has 0 fully saturated rings. The zero-order valence-corrected chi connectivity index (χ0v) is 20.2. The predicted octanol–water partition coefficient (Wildman–Crippen LogP) is 5.32. The van der Waals surface area contributed by atoms with E-state index in [2.05, 4.69) is 41.2 Å². The molecule has 1 amide bonds. The summed E-state index contributed by atoms with van der Waals surface area (Å²) in [5, 5.41) is 10.3. The molecule has 1 unspecified atom stereocenters. The minimum Gasteiger partial charge on any atom is -0.454 e. The van der Waals surface area contributed by atoms with Crippen molar-refractivity contribution in [2.24, 2.45) is 0 Å². The molecule has 2 aromatic carbocycles. The van der Waals surface area contributed by atoms with Crippen molar-refractivity contribution < 1.29 is 14.3 Å². The molecule has 5 rings (SSSR count). The number of nitriles is 1. The number of para-hydroxylation sites is 2. The number of fused-ring (bicyclic) bond motifs is 2. The Labute approximate surface area is 210 Å². The Hall–Kier alpha value is -4.31. The molecule has 0 radical (unpaired) electrons. The van der Waals surface area contributed by atoms with Crippen molar-refractivity contribution in [3.8, 4) is 17.6 Å². The lowest BCUT2D eigenvalue weighted by Crippen LogP contribution is -2.32. The fourth-order valence-electron chi connectivity index (χ4n) is 4.93. The molecule has 3 heterocycles. The number of aryl methyl sites for hydroxylation is 1. The predicted molar refractivity (Wildman–Crippen MR) is 137 cm³/mol. The number of pyridine rings is 1. The van der Waals surface area contributed by atoms with E-state index >= 15 is 0 Å². The van der Waals surface area contributed by atoms with Gasteiger partial charge in [-0.25, -0.2) is 0 Å². The minimum atomic E-state index is -0.256. The highest BCUT2D eigenvalue weighted by molar-refractivity contribution is 5.88. The number of benzene rings is 2. The summed E-state index contributed by atoms with van der Waals surface area (Å²) in [5.74, 6) is 1.09. The van der Waals surface area contributed by atoms with Crippen LogP contribution in [-0.4, -0.2) is 34.1 Å². The first-order chi connectivity index (χ1) is 17.7. The van der Waals surface area contributed by atoms with E-state index in [0.29, 0.717) is 24.6 Å². The number of ether oxygens (including phenoxy) is 2. The molecule has 36 heavy (non-hydrogen) atoms. The fourth-order valence-corrected chi connectivity index (χ4v) is 4.93. The number of carbonyl (C=O) groups excluding carboxylic acids is 1. The first-order valence-electron chi connectivity index (χ1n) is 12.2. The van der Waals surface area contributed by atoms with E-state index < -0.39 is 0 Å². The van der Waals surface area contributed by atoms with Gasteiger partial charge in [-0.15, -0.1) is 0 Å². The number of hydrogen-bond acceptors (Lipinski definition) is 5. The fraction of sp³-hybridized carbons (Fsp3) is 0.276. The molecule has 7 heteroatoms. The van der Waals surface area contributed by atoms with Crippen LogP contribution < -0.4 is 9.47 Å². The molecule has 0 saturated heterocycles. The smallest absolute Gasteiger partial charge is 0.231 e. The molecule has 0 bridgehead atoms. The van der Waals surface area contributed by atoms with Crippen LogP contribution in [0, 0.1) is 11.3 Å². The molecule has 2 aromatic heterocycles. The van der Waals surface area contributed by atoms with Crippen LogP contribution in [0.4, 0.5) is 0 Å². The lowest BCUT2D eigenvalue weighted by molar-refractivity contribution is -0.132. The Morgan fingerprint density at radius 2 is 2.06 bits per heavy atom. The maximum Gasteiger partial charge on any atom is 0.231 e. The number of rotatable bonds is 9. The van der Waals surface area contributed by atoms with Gasteiger partial charge in [-0.2, -0.15) is 5.26 Å². The van der Waals surface area contributed by atoms with Crippen molar-refractivity contribution in [1.29, 1.82) is 5.26 Å². The second-order valence-corrected chi connectivity index (χ2v) is 8.86. The van der Waals surface area contributed by atoms with Crippen LogP contribution in [0.25, 0.3) is 10.9 Å². The molecule has 4 aromatic rings. The second kappa shape index (κ2) is 10.5. The molecule has 0 spiro atoms. The van der Waals surface area contributed by atoms with Gasteiger partial charge in [0.25, 0.3) is 0 Å². The average molecular weight is 481 g/mol. The molecule has 1 aliphatic heterocycles. The van der Waals surface area contributed by atoms with Gasteiger partial charge in [0.05, 0.1) is 12.5 Å². The van der Waals surface area contributed by atoms with Crippen molar-refractivity contribution in [1.82, 2.24) is 14.9 Å². The van der Waals surface area contributed by atoms with Crippen molar-refractivity contribution in [2.45, 2.75) is 38.6 Å². The molecule has 0 aliphatic carbocycles. The van der Waals surface area contributed by atoms with Crippen molar-refractivity contribution in [3.05, 3.63) is 89.4 Å². The quantitative estimate of drug-likeness (QED) is 0.350. The number of hydrogen-bond donors (Lipinski definition) is 1.